The molecule has 2 heteroatoms. The monoisotopic (exact) mass is 324 g/mol. The minimum absolute atomic E-state index is 0.0557. The average molecular weight is 325 g/mol. The molecule has 0 atom stereocenters. The molecule has 0 aliphatic heterocycles. The number of aliphatic hydroxyl groups is 1. The zero-order valence-electron chi connectivity index (χ0n) is 17.3. The number of rotatable bonds is 6. The second kappa shape index (κ2) is 10.7. The van der Waals surface area contributed by atoms with E-state index < -0.39 is 0 Å². The second-order valence-corrected chi connectivity index (χ2v) is 8.21. The van der Waals surface area contributed by atoms with E-state index in [1.54, 1.807) is 6.92 Å². The second-order valence-electron chi connectivity index (χ2n) is 8.21. The van der Waals surface area contributed by atoms with E-state index in [4.69, 9.17) is 0 Å². The minimum atomic E-state index is -0.105. The summed E-state index contributed by atoms with van der Waals surface area (Å²) in [5, 5.41) is 10.6. The van der Waals surface area contributed by atoms with Crippen molar-refractivity contribution in [3.63, 3.8) is 0 Å². The van der Waals surface area contributed by atoms with E-state index >= 15 is 0 Å². The smallest absolute Gasteiger partial charge is 0.130 e. The molecule has 0 spiro atoms. The molecule has 0 aromatic rings. The fourth-order valence-corrected chi connectivity index (χ4v) is 2.22. The zero-order valence-corrected chi connectivity index (χ0v) is 17.3. The van der Waals surface area contributed by atoms with Crippen LogP contribution in [0.25, 0.3) is 0 Å². The Bertz CT molecular complexity index is 412. The summed E-state index contributed by atoms with van der Waals surface area (Å²) < 4.78 is 0. The first-order chi connectivity index (χ1) is 10.4. The first-order valence-corrected chi connectivity index (χ1v) is 8.98. The Balaban J connectivity index is 0. The van der Waals surface area contributed by atoms with Crippen LogP contribution in [-0.4, -0.2) is 10.9 Å². The van der Waals surface area contributed by atoms with E-state index in [1.807, 2.05) is 13.8 Å². The molecular weight excluding hydrogens is 284 g/mol. The molecule has 0 saturated heterocycles. The lowest BCUT2D eigenvalue weighted by Gasteiger charge is -2.26. The van der Waals surface area contributed by atoms with Crippen molar-refractivity contribution >= 4 is 5.78 Å². The van der Waals surface area contributed by atoms with Gasteiger partial charge in [-0.2, -0.15) is 0 Å². The maximum atomic E-state index is 11.2. The van der Waals surface area contributed by atoms with Gasteiger partial charge in [-0.05, 0) is 36.2 Å². The van der Waals surface area contributed by atoms with Crippen LogP contribution >= 0.6 is 0 Å². The minimum Gasteiger partial charge on any atom is -0.512 e. The molecule has 0 rings (SSSR count). The summed E-state index contributed by atoms with van der Waals surface area (Å²) in [4.78, 5) is 11.2. The zero-order chi connectivity index (χ0) is 18.8. The number of carbonyl (C=O) groups excluding carboxylic acids is 1. The third kappa shape index (κ3) is 12.1. The molecule has 0 saturated carbocycles. The molecular formula is C21H40O2. The molecule has 0 heterocycles. The highest BCUT2D eigenvalue weighted by Gasteiger charge is 2.23. The molecule has 0 aliphatic carbocycles. The Morgan fingerprint density at radius 1 is 1.00 bits per heavy atom. The van der Waals surface area contributed by atoms with Crippen molar-refractivity contribution in [2.45, 2.75) is 94.9 Å². The van der Waals surface area contributed by atoms with E-state index in [0.717, 1.165) is 18.4 Å². The standard InChI is InChI=1S/C19H34O2.C2H6/c1-9-15(11-10-14(2)20)12-16(19(6,7)8)17(21)13-18(3,4)5;1-2/h12,21H,9-11,13H2,1-8H3;1-2H3/b15-12+,17-16-;. The molecule has 0 unspecified atom stereocenters. The topological polar surface area (TPSA) is 37.3 Å². The highest BCUT2D eigenvalue weighted by molar-refractivity contribution is 5.75. The summed E-state index contributed by atoms with van der Waals surface area (Å²) in [6.07, 6.45) is 5.06. The van der Waals surface area contributed by atoms with E-state index in [2.05, 4.69) is 54.5 Å². The van der Waals surface area contributed by atoms with Gasteiger partial charge in [0.15, 0.2) is 0 Å². The van der Waals surface area contributed by atoms with Crippen molar-refractivity contribution in [3.05, 3.63) is 23.0 Å². The van der Waals surface area contributed by atoms with E-state index in [1.165, 1.54) is 5.57 Å². The van der Waals surface area contributed by atoms with Gasteiger partial charge in [0.1, 0.15) is 5.78 Å². The van der Waals surface area contributed by atoms with Gasteiger partial charge in [-0.1, -0.05) is 74.0 Å². The summed E-state index contributed by atoms with van der Waals surface area (Å²) in [6.45, 7) is 20.5. The Morgan fingerprint density at radius 3 is 1.78 bits per heavy atom. The van der Waals surface area contributed by atoms with E-state index in [-0.39, 0.29) is 16.6 Å². The predicted molar refractivity (Wildman–Crippen MR) is 103 cm³/mol. The first-order valence-electron chi connectivity index (χ1n) is 8.98. The first kappa shape index (κ1) is 24.2. The number of allylic oxidation sites excluding steroid dienone is 4. The normalized spacial score (nSPS) is 13.9. The number of Topliss-reactive ketones (excluding diaryl/α,β-unsaturated/α-hetero) is 1. The molecule has 0 amide bonds. The molecule has 1 N–H and O–H groups in total. The number of carbonyl (C=O) groups is 1. The molecule has 0 aliphatic rings. The van der Waals surface area contributed by atoms with Gasteiger partial charge in [-0.3, -0.25) is 0 Å². The van der Waals surface area contributed by atoms with Gasteiger partial charge >= 0.3 is 0 Å². The maximum Gasteiger partial charge on any atom is 0.130 e. The molecule has 0 aromatic carbocycles. The molecule has 23 heavy (non-hydrogen) atoms. The lowest BCUT2D eigenvalue weighted by molar-refractivity contribution is -0.116. The molecule has 0 fully saturated rings. The maximum absolute atomic E-state index is 11.2. The lowest BCUT2D eigenvalue weighted by atomic mass is 9.80. The van der Waals surface area contributed by atoms with Crippen molar-refractivity contribution < 1.29 is 9.90 Å². The van der Waals surface area contributed by atoms with Crippen molar-refractivity contribution in [2.24, 2.45) is 10.8 Å². The highest BCUT2D eigenvalue weighted by atomic mass is 16.3. The van der Waals surface area contributed by atoms with Gasteiger partial charge < -0.3 is 9.90 Å². The van der Waals surface area contributed by atoms with Gasteiger partial charge in [0, 0.05) is 12.8 Å². The number of aliphatic hydroxyl groups excluding tert-OH is 1. The van der Waals surface area contributed by atoms with Crippen LogP contribution in [0.4, 0.5) is 0 Å². The summed E-state index contributed by atoms with van der Waals surface area (Å²) in [7, 11) is 0. The third-order valence-corrected chi connectivity index (χ3v) is 3.42. The quantitative estimate of drug-likeness (QED) is 0.421. The number of ketones is 1. The molecule has 136 valence electrons. The molecule has 0 radical (unpaired) electrons. The summed E-state index contributed by atoms with van der Waals surface area (Å²) in [5.41, 5.74) is 2.18. The SMILES string of the molecule is CC.CC/C(=C\C(=C(\O)CC(C)(C)C)C(C)(C)C)CCC(C)=O. The van der Waals surface area contributed by atoms with Crippen LogP contribution in [0.15, 0.2) is 23.0 Å². The van der Waals surface area contributed by atoms with Crippen LogP contribution < -0.4 is 0 Å². The molecule has 2 nitrogen and oxygen atoms in total. The fraction of sp³-hybridized carbons (Fsp3) is 0.762. The lowest BCUT2D eigenvalue weighted by Crippen LogP contribution is -2.15. The number of hydrogen-bond donors (Lipinski definition) is 1. The number of hydrogen-bond acceptors (Lipinski definition) is 2. The van der Waals surface area contributed by atoms with Crippen LogP contribution in [0.2, 0.25) is 0 Å². The van der Waals surface area contributed by atoms with Crippen LogP contribution in [0, 0.1) is 10.8 Å². The fourth-order valence-electron chi connectivity index (χ4n) is 2.22. The van der Waals surface area contributed by atoms with Crippen LogP contribution in [0.1, 0.15) is 94.9 Å². The largest absolute Gasteiger partial charge is 0.512 e. The molecule has 0 bridgehead atoms. The predicted octanol–water partition coefficient (Wildman–Crippen LogP) is 7.01. The van der Waals surface area contributed by atoms with Gasteiger partial charge in [0.25, 0.3) is 0 Å². The van der Waals surface area contributed by atoms with Crippen LogP contribution in [0.3, 0.4) is 0 Å². The van der Waals surface area contributed by atoms with Crippen molar-refractivity contribution in [2.75, 3.05) is 0 Å². The van der Waals surface area contributed by atoms with Crippen LogP contribution in [-0.2, 0) is 4.79 Å². The Labute approximate surface area is 145 Å². The van der Waals surface area contributed by atoms with Crippen molar-refractivity contribution in [1.29, 1.82) is 0 Å². The molecule has 0 aromatic heterocycles. The van der Waals surface area contributed by atoms with E-state index in [9.17, 15) is 9.90 Å². The Kier molecular flexibility index (Phi) is 11.2. The van der Waals surface area contributed by atoms with Crippen molar-refractivity contribution in [3.8, 4) is 0 Å². The average Bonchev–Trinajstić information content (AvgIpc) is 2.37. The third-order valence-electron chi connectivity index (χ3n) is 3.42. The summed E-state index contributed by atoms with van der Waals surface area (Å²) >= 11 is 0. The van der Waals surface area contributed by atoms with Crippen LogP contribution in [0.5, 0.6) is 0 Å². The van der Waals surface area contributed by atoms with Gasteiger partial charge in [-0.15, -0.1) is 0 Å². The van der Waals surface area contributed by atoms with Gasteiger partial charge in [-0.25, -0.2) is 0 Å². The summed E-state index contributed by atoms with van der Waals surface area (Å²) in [5.74, 6) is 0.693. The van der Waals surface area contributed by atoms with Gasteiger partial charge in [0.05, 0.1) is 5.76 Å². The highest BCUT2D eigenvalue weighted by Crippen LogP contribution is 2.34. The van der Waals surface area contributed by atoms with E-state index in [0.29, 0.717) is 18.6 Å². The van der Waals surface area contributed by atoms with Gasteiger partial charge in [0.2, 0.25) is 0 Å². The summed E-state index contributed by atoms with van der Waals surface area (Å²) in [6, 6.07) is 0. The Morgan fingerprint density at radius 2 is 1.48 bits per heavy atom. The Hall–Kier alpha value is -1.05. The van der Waals surface area contributed by atoms with Crippen molar-refractivity contribution in [1.82, 2.24) is 0 Å².